The molecule has 0 spiro atoms. The minimum atomic E-state index is 0.432. The number of hydrogen-bond donors (Lipinski definition) is 1. The average Bonchev–Trinajstić information content (AvgIpc) is 2.74. The Kier molecular flexibility index (Phi) is 4.83. The highest BCUT2D eigenvalue weighted by Crippen LogP contribution is 2.27. The molecule has 0 saturated heterocycles. The molecule has 0 bridgehead atoms. The van der Waals surface area contributed by atoms with Crippen molar-refractivity contribution in [2.24, 2.45) is 5.73 Å². The van der Waals surface area contributed by atoms with Gasteiger partial charge in [0.25, 0.3) is 0 Å². The van der Waals surface area contributed by atoms with E-state index in [-0.39, 0.29) is 0 Å². The normalized spacial score (nSPS) is 13.1. The van der Waals surface area contributed by atoms with Crippen molar-refractivity contribution in [2.45, 2.75) is 45.6 Å². The predicted octanol–water partition coefficient (Wildman–Crippen LogP) is 3.94. The van der Waals surface area contributed by atoms with E-state index < -0.39 is 0 Å². The third-order valence-corrected chi connectivity index (χ3v) is 3.70. The summed E-state index contributed by atoms with van der Waals surface area (Å²) in [6.07, 6.45) is 3.22. The van der Waals surface area contributed by atoms with Gasteiger partial charge in [-0.3, -0.25) is 0 Å². The SMILES string of the molecule is CCCn1c(C(C)CCCN)nc2cc(Cl)ccc21. The Bertz CT molecular complexity index is 548. The van der Waals surface area contributed by atoms with Crippen molar-refractivity contribution < 1.29 is 0 Å². The van der Waals surface area contributed by atoms with Gasteiger partial charge < -0.3 is 10.3 Å². The molecule has 104 valence electrons. The molecule has 1 atom stereocenters. The van der Waals surface area contributed by atoms with E-state index in [2.05, 4.69) is 24.5 Å². The average molecular weight is 280 g/mol. The Morgan fingerprint density at radius 1 is 1.42 bits per heavy atom. The van der Waals surface area contributed by atoms with Crippen LogP contribution in [0, 0.1) is 0 Å². The summed E-state index contributed by atoms with van der Waals surface area (Å²) < 4.78 is 2.33. The summed E-state index contributed by atoms with van der Waals surface area (Å²) in [5.41, 5.74) is 7.78. The largest absolute Gasteiger partial charge is 0.330 e. The lowest BCUT2D eigenvalue weighted by atomic mass is 10.0. The molecule has 0 fully saturated rings. The van der Waals surface area contributed by atoms with Gasteiger partial charge in [-0.05, 0) is 44.0 Å². The molecule has 3 nitrogen and oxygen atoms in total. The molecule has 2 aromatic rings. The molecule has 4 heteroatoms. The monoisotopic (exact) mass is 279 g/mol. The molecule has 1 unspecified atom stereocenters. The highest BCUT2D eigenvalue weighted by molar-refractivity contribution is 6.31. The number of fused-ring (bicyclic) bond motifs is 1. The van der Waals surface area contributed by atoms with E-state index >= 15 is 0 Å². The molecule has 0 radical (unpaired) electrons. The van der Waals surface area contributed by atoms with Gasteiger partial charge in [-0.1, -0.05) is 25.4 Å². The van der Waals surface area contributed by atoms with Crippen molar-refractivity contribution in [3.05, 3.63) is 29.0 Å². The van der Waals surface area contributed by atoms with Crippen LogP contribution in [-0.2, 0) is 6.54 Å². The van der Waals surface area contributed by atoms with Crippen LogP contribution in [-0.4, -0.2) is 16.1 Å². The number of nitrogens with two attached hydrogens (primary N) is 1. The van der Waals surface area contributed by atoms with Gasteiger partial charge in [0.15, 0.2) is 0 Å². The first-order valence-corrected chi connectivity index (χ1v) is 7.41. The molecule has 1 heterocycles. The quantitative estimate of drug-likeness (QED) is 0.870. The van der Waals surface area contributed by atoms with Gasteiger partial charge in [-0.2, -0.15) is 0 Å². The van der Waals surface area contributed by atoms with Crippen molar-refractivity contribution in [2.75, 3.05) is 6.54 Å². The van der Waals surface area contributed by atoms with E-state index in [0.717, 1.165) is 48.7 Å². The fourth-order valence-electron chi connectivity index (χ4n) is 2.51. The van der Waals surface area contributed by atoms with Crippen LogP contribution < -0.4 is 5.73 Å². The molecule has 0 amide bonds. The van der Waals surface area contributed by atoms with Crippen LogP contribution in [0.4, 0.5) is 0 Å². The third kappa shape index (κ3) is 3.10. The zero-order valence-electron chi connectivity index (χ0n) is 11.7. The van der Waals surface area contributed by atoms with Crippen LogP contribution in [0.3, 0.4) is 0 Å². The van der Waals surface area contributed by atoms with Crippen LogP contribution in [0.25, 0.3) is 11.0 Å². The summed E-state index contributed by atoms with van der Waals surface area (Å²) >= 11 is 6.05. The standard InChI is InChI=1S/C15H22ClN3/c1-3-9-19-14-7-6-12(16)10-13(14)18-15(19)11(2)5-4-8-17/h6-7,10-11H,3-5,8-9,17H2,1-2H3. The van der Waals surface area contributed by atoms with Gasteiger partial charge in [0, 0.05) is 17.5 Å². The molecule has 19 heavy (non-hydrogen) atoms. The minimum absolute atomic E-state index is 0.432. The van der Waals surface area contributed by atoms with Crippen LogP contribution in [0.2, 0.25) is 5.02 Å². The number of aromatic nitrogens is 2. The number of halogens is 1. The molecule has 0 aliphatic heterocycles. The van der Waals surface area contributed by atoms with Crippen LogP contribution >= 0.6 is 11.6 Å². The Labute approximate surface area is 119 Å². The zero-order chi connectivity index (χ0) is 13.8. The zero-order valence-corrected chi connectivity index (χ0v) is 12.5. The number of hydrogen-bond acceptors (Lipinski definition) is 2. The summed E-state index contributed by atoms with van der Waals surface area (Å²) in [5.74, 6) is 1.59. The highest BCUT2D eigenvalue weighted by atomic mass is 35.5. The maximum Gasteiger partial charge on any atom is 0.112 e. The lowest BCUT2D eigenvalue weighted by Crippen LogP contribution is -2.09. The summed E-state index contributed by atoms with van der Waals surface area (Å²) in [6, 6.07) is 5.95. The molecule has 2 rings (SSSR count). The summed E-state index contributed by atoms with van der Waals surface area (Å²) in [6.45, 7) is 6.16. The number of rotatable bonds is 6. The first-order valence-electron chi connectivity index (χ1n) is 7.03. The van der Waals surface area contributed by atoms with Crippen molar-refractivity contribution >= 4 is 22.6 Å². The Morgan fingerprint density at radius 3 is 2.89 bits per heavy atom. The summed E-state index contributed by atoms with van der Waals surface area (Å²) in [7, 11) is 0. The van der Waals surface area contributed by atoms with Gasteiger partial charge in [0.2, 0.25) is 0 Å². The molecule has 0 saturated carbocycles. The third-order valence-electron chi connectivity index (χ3n) is 3.47. The van der Waals surface area contributed by atoms with Crippen LogP contribution in [0.1, 0.15) is 44.9 Å². The minimum Gasteiger partial charge on any atom is -0.330 e. The lowest BCUT2D eigenvalue weighted by molar-refractivity contribution is 0.559. The van der Waals surface area contributed by atoms with Gasteiger partial charge in [-0.15, -0.1) is 0 Å². The Morgan fingerprint density at radius 2 is 2.21 bits per heavy atom. The molecule has 0 aliphatic rings. The smallest absolute Gasteiger partial charge is 0.112 e. The maximum atomic E-state index is 6.05. The van der Waals surface area contributed by atoms with Crippen molar-refractivity contribution in [1.82, 2.24) is 9.55 Å². The van der Waals surface area contributed by atoms with E-state index in [0.29, 0.717) is 5.92 Å². The molecular formula is C15H22ClN3. The second-order valence-electron chi connectivity index (χ2n) is 5.09. The van der Waals surface area contributed by atoms with Crippen molar-refractivity contribution in [3.8, 4) is 0 Å². The second-order valence-corrected chi connectivity index (χ2v) is 5.52. The maximum absolute atomic E-state index is 6.05. The predicted molar refractivity (Wildman–Crippen MR) is 81.7 cm³/mol. The Hall–Kier alpha value is -1.06. The number of aryl methyl sites for hydroxylation is 1. The van der Waals surface area contributed by atoms with E-state index in [9.17, 15) is 0 Å². The lowest BCUT2D eigenvalue weighted by Gasteiger charge is -2.13. The van der Waals surface area contributed by atoms with E-state index in [1.165, 1.54) is 5.52 Å². The topological polar surface area (TPSA) is 43.8 Å². The number of nitrogens with zero attached hydrogens (tertiary/aromatic N) is 2. The van der Waals surface area contributed by atoms with Crippen LogP contribution in [0.15, 0.2) is 18.2 Å². The first-order chi connectivity index (χ1) is 9.17. The van der Waals surface area contributed by atoms with Gasteiger partial charge in [0.1, 0.15) is 5.82 Å². The fraction of sp³-hybridized carbons (Fsp3) is 0.533. The van der Waals surface area contributed by atoms with Gasteiger partial charge in [-0.25, -0.2) is 4.98 Å². The van der Waals surface area contributed by atoms with Crippen molar-refractivity contribution in [3.63, 3.8) is 0 Å². The Balaban J connectivity index is 2.43. The molecule has 2 N–H and O–H groups in total. The van der Waals surface area contributed by atoms with E-state index in [1.54, 1.807) is 0 Å². The molecule has 1 aromatic heterocycles. The van der Waals surface area contributed by atoms with Crippen molar-refractivity contribution in [1.29, 1.82) is 0 Å². The van der Waals surface area contributed by atoms with E-state index in [1.807, 2.05) is 12.1 Å². The summed E-state index contributed by atoms with van der Waals surface area (Å²) in [4.78, 5) is 4.78. The van der Waals surface area contributed by atoms with Crippen LogP contribution in [0.5, 0.6) is 0 Å². The number of benzene rings is 1. The molecule has 1 aromatic carbocycles. The first kappa shape index (κ1) is 14.4. The summed E-state index contributed by atoms with van der Waals surface area (Å²) in [5, 5.41) is 0.745. The number of imidazole rings is 1. The van der Waals surface area contributed by atoms with Gasteiger partial charge >= 0.3 is 0 Å². The molecule has 0 aliphatic carbocycles. The second kappa shape index (κ2) is 6.40. The highest BCUT2D eigenvalue weighted by Gasteiger charge is 2.16. The molecular weight excluding hydrogens is 258 g/mol. The fourth-order valence-corrected chi connectivity index (χ4v) is 2.68. The van der Waals surface area contributed by atoms with E-state index in [4.69, 9.17) is 22.3 Å². The van der Waals surface area contributed by atoms with Gasteiger partial charge in [0.05, 0.1) is 11.0 Å².